The van der Waals surface area contributed by atoms with Gasteiger partial charge < -0.3 is 9.47 Å². The van der Waals surface area contributed by atoms with E-state index in [9.17, 15) is 9.59 Å². The van der Waals surface area contributed by atoms with Gasteiger partial charge >= 0.3 is 11.9 Å². The quantitative estimate of drug-likeness (QED) is 0.508. The van der Waals surface area contributed by atoms with Gasteiger partial charge in [-0.25, -0.2) is 4.79 Å². The van der Waals surface area contributed by atoms with Gasteiger partial charge in [-0.2, -0.15) is 0 Å². The van der Waals surface area contributed by atoms with Crippen LogP contribution in [0.5, 0.6) is 0 Å². The summed E-state index contributed by atoms with van der Waals surface area (Å²) < 4.78 is 9.96. The summed E-state index contributed by atoms with van der Waals surface area (Å²) in [6.45, 7) is 8.18. The van der Waals surface area contributed by atoms with Gasteiger partial charge in [0.15, 0.2) is 0 Å². The summed E-state index contributed by atoms with van der Waals surface area (Å²) in [4.78, 5) is 23.1. The van der Waals surface area contributed by atoms with E-state index in [1.165, 1.54) is 0 Å². The van der Waals surface area contributed by atoms with Crippen molar-refractivity contribution in [2.75, 3.05) is 13.2 Å². The van der Waals surface area contributed by atoms with Gasteiger partial charge in [-0.1, -0.05) is 19.4 Å². The molecule has 0 amide bonds. The van der Waals surface area contributed by atoms with Gasteiger partial charge in [0.2, 0.25) is 0 Å². The standard InChI is InChI=1S/C13H22O4/c1-5-7-16-12(14)9-11(10(3)4)13(15)17-8-6-2/h5-9H2,1-4H3. The van der Waals surface area contributed by atoms with Crippen LogP contribution in [0.1, 0.15) is 47.0 Å². The Balaban J connectivity index is 4.41. The molecule has 0 aromatic carbocycles. The number of carbonyl (C=O) groups excluding carboxylic acids is 2. The zero-order valence-corrected chi connectivity index (χ0v) is 11.2. The molecule has 0 bridgehead atoms. The predicted molar refractivity (Wildman–Crippen MR) is 65.5 cm³/mol. The highest BCUT2D eigenvalue weighted by atomic mass is 16.5. The maximum atomic E-state index is 11.7. The third-order valence-corrected chi connectivity index (χ3v) is 2.08. The largest absolute Gasteiger partial charge is 0.465 e. The van der Waals surface area contributed by atoms with Gasteiger partial charge in [-0.05, 0) is 26.7 Å². The van der Waals surface area contributed by atoms with Gasteiger partial charge in [0.05, 0.1) is 19.6 Å². The molecule has 0 heterocycles. The highest BCUT2D eigenvalue weighted by Crippen LogP contribution is 2.12. The summed E-state index contributed by atoms with van der Waals surface area (Å²) >= 11 is 0. The number of hydrogen-bond donors (Lipinski definition) is 0. The van der Waals surface area contributed by atoms with E-state index in [4.69, 9.17) is 9.47 Å². The molecule has 4 heteroatoms. The average molecular weight is 242 g/mol. The number of hydrogen-bond acceptors (Lipinski definition) is 4. The Hall–Kier alpha value is -1.32. The highest BCUT2D eigenvalue weighted by molar-refractivity contribution is 5.94. The first-order valence-electron chi connectivity index (χ1n) is 6.02. The van der Waals surface area contributed by atoms with Crippen molar-refractivity contribution in [3.63, 3.8) is 0 Å². The van der Waals surface area contributed by atoms with E-state index in [1.807, 2.05) is 13.8 Å². The van der Waals surface area contributed by atoms with Crippen molar-refractivity contribution in [3.8, 4) is 0 Å². The Morgan fingerprint density at radius 1 is 0.941 bits per heavy atom. The number of esters is 2. The lowest BCUT2D eigenvalue weighted by atomic mass is 10.1. The first kappa shape index (κ1) is 15.7. The van der Waals surface area contributed by atoms with E-state index in [2.05, 4.69) is 0 Å². The molecule has 0 saturated carbocycles. The topological polar surface area (TPSA) is 52.6 Å². The molecule has 0 unspecified atom stereocenters. The lowest BCUT2D eigenvalue weighted by Gasteiger charge is -2.09. The van der Waals surface area contributed by atoms with Crippen molar-refractivity contribution >= 4 is 11.9 Å². The summed E-state index contributed by atoms with van der Waals surface area (Å²) in [6, 6.07) is 0. The van der Waals surface area contributed by atoms with Gasteiger partial charge in [-0.15, -0.1) is 0 Å². The molecule has 0 rings (SSSR count). The van der Waals surface area contributed by atoms with Crippen LogP contribution in [0.25, 0.3) is 0 Å². The third kappa shape index (κ3) is 6.76. The molecule has 0 fully saturated rings. The van der Waals surface area contributed by atoms with Crippen molar-refractivity contribution in [3.05, 3.63) is 11.1 Å². The minimum Gasteiger partial charge on any atom is -0.465 e. The van der Waals surface area contributed by atoms with Crippen LogP contribution >= 0.6 is 0 Å². The Bertz CT molecular complexity index is 288. The molecule has 0 atom stereocenters. The van der Waals surface area contributed by atoms with Crippen LogP contribution in [0, 0.1) is 0 Å². The smallest absolute Gasteiger partial charge is 0.334 e. The number of allylic oxidation sites excluding steroid dienone is 1. The number of rotatable bonds is 7. The molecule has 0 spiro atoms. The lowest BCUT2D eigenvalue weighted by Crippen LogP contribution is -2.15. The van der Waals surface area contributed by atoms with Crippen molar-refractivity contribution in [2.45, 2.75) is 47.0 Å². The minimum absolute atomic E-state index is 0.00905. The summed E-state index contributed by atoms with van der Waals surface area (Å²) in [5.41, 5.74) is 1.19. The molecule has 0 aliphatic heterocycles. The van der Waals surface area contributed by atoms with Crippen LogP contribution in [0.15, 0.2) is 11.1 Å². The Morgan fingerprint density at radius 3 is 1.94 bits per heavy atom. The maximum absolute atomic E-state index is 11.7. The maximum Gasteiger partial charge on any atom is 0.334 e. The second-order valence-corrected chi connectivity index (χ2v) is 4.01. The van der Waals surface area contributed by atoms with Gasteiger partial charge in [0.1, 0.15) is 0 Å². The Morgan fingerprint density at radius 2 is 1.47 bits per heavy atom. The summed E-state index contributed by atoms with van der Waals surface area (Å²) in [5, 5.41) is 0. The van der Waals surface area contributed by atoms with E-state index < -0.39 is 5.97 Å². The first-order valence-corrected chi connectivity index (χ1v) is 6.02. The van der Waals surface area contributed by atoms with Crippen molar-refractivity contribution in [2.24, 2.45) is 0 Å². The molecule has 98 valence electrons. The van der Waals surface area contributed by atoms with Gasteiger partial charge in [0.25, 0.3) is 0 Å². The molecule has 0 N–H and O–H groups in total. The second-order valence-electron chi connectivity index (χ2n) is 4.01. The summed E-state index contributed by atoms with van der Waals surface area (Å²) in [5.74, 6) is -0.795. The van der Waals surface area contributed by atoms with Crippen LogP contribution in [0.3, 0.4) is 0 Å². The minimum atomic E-state index is -0.416. The number of ether oxygens (including phenoxy) is 2. The van der Waals surface area contributed by atoms with Gasteiger partial charge in [0, 0.05) is 5.57 Å². The third-order valence-electron chi connectivity index (χ3n) is 2.08. The van der Waals surface area contributed by atoms with E-state index in [0.29, 0.717) is 18.8 Å². The normalized spacial score (nSPS) is 9.65. The fourth-order valence-corrected chi connectivity index (χ4v) is 1.15. The molecule has 0 aliphatic carbocycles. The molecule has 0 aromatic heterocycles. The predicted octanol–water partition coefficient (Wildman–Crippen LogP) is 2.62. The van der Waals surface area contributed by atoms with Crippen LogP contribution in [0.2, 0.25) is 0 Å². The van der Waals surface area contributed by atoms with Crippen molar-refractivity contribution < 1.29 is 19.1 Å². The molecule has 0 radical (unpaired) electrons. The van der Waals surface area contributed by atoms with Crippen LogP contribution in [-0.4, -0.2) is 25.2 Å². The molecule has 0 aliphatic rings. The first-order chi connectivity index (χ1) is 8.02. The average Bonchev–Trinajstić information content (AvgIpc) is 2.29. The van der Waals surface area contributed by atoms with E-state index in [1.54, 1.807) is 13.8 Å². The summed E-state index contributed by atoms with van der Waals surface area (Å²) in [6.07, 6.45) is 1.53. The lowest BCUT2D eigenvalue weighted by molar-refractivity contribution is -0.146. The van der Waals surface area contributed by atoms with Crippen LogP contribution in [-0.2, 0) is 19.1 Å². The number of carbonyl (C=O) groups is 2. The fourth-order valence-electron chi connectivity index (χ4n) is 1.15. The second kappa shape index (κ2) is 8.79. The fraction of sp³-hybridized carbons (Fsp3) is 0.692. The molecule has 4 nitrogen and oxygen atoms in total. The zero-order valence-electron chi connectivity index (χ0n) is 11.2. The molecular formula is C13H22O4. The van der Waals surface area contributed by atoms with Crippen LogP contribution < -0.4 is 0 Å². The van der Waals surface area contributed by atoms with Crippen molar-refractivity contribution in [1.82, 2.24) is 0 Å². The monoisotopic (exact) mass is 242 g/mol. The molecule has 0 saturated heterocycles. The molecular weight excluding hydrogens is 220 g/mol. The highest BCUT2D eigenvalue weighted by Gasteiger charge is 2.17. The summed E-state index contributed by atoms with van der Waals surface area (Å²) in [7, 11) is 0. The molecule has 0 aromatic rings. The van der Waals surface area contributed by atoms with E-state index in [0.717, 1.165) is 18.4 Å². The Kier molecular flexibility index (Phi) is 8.11. The molecule has 17 heavy (non-hydrogen) atoms. The Labute approximate surface area is 103 Å². The zero-order chi connectivity index (χ0) is 13.3. The van der Waals surface area contributed by atoms with Crippen molar-refractivity contribution in [1.29, 1.82) is 0 Å². The van der Waals surface area contributed by atoms with Gasteiger partial charge in [-0.3, -0.25) is 4.79 Å². The van der Waals surface area contributed by atoms with E-state index >= 15 is 0 Å². The van der Waals surface area contributed by atoms with E-state index in [-0.39, 0.29) is 12.4 Å². The SMILES string of the molecule is CCCOC(=O)CC(C(=O)OCCC)=C(C)C. The van der Waals surface area contributed by atoms with Crippen LogP contribution in [0.4, 0.5) is 0 Å².